The Labute approximate surface area is 66.8 Å². The third kappa shape index (κ3) is 6.38. The van der Waals surface area contributed by atoms with Crippen molar-refractivity contribution < 1.29 is 15.5 Å². The minimum atomic E-state index is 0.513. The molecule has 0 aliphatic carbocycles. The maximum absolute atomic E-state index is 4.77. The van der Waals surface area contributed by atoms with Gasteiger partial charge in [-0.2, -0.15) is 0 Å². The van der Waals surface area contributed by atoms with Gasteiger partial charge in [-0.15, -0.1) is 0 Å². The predicted octanol–water partition coefficient (Wildman–Crippen LogP) is 3.17. The fraction of sp³-hybridized carbons (Fsp3) is 1.00. The van der Waals surface area contributed by atoms with Gasteiger partial charge in [-0.05, 0) is 0 Å². The van der Waals surface area contributed by atoms with Gasteiger partial charge in [0, 0.05) is 0 Å². The first kappa shape index (κ1) is 9.49. The van der Waals surface area contributed by atoms with Crippen LogP contribution in [0.15, 0.2) is 0 Å². The third-order valence-corrected chi connectivity index (χ3v) is 2.02. The summed E-state index contributed by atoms with van der Waals surface area (Å²) < 4.78 is 0. The van der Waals surface area contributed by atoms with Crippen LogP contribution in [0.3, 0.4) is 0 Å². The molecule has 0 saturated heterocycles. The molecule has 0 heterocycles. The molecule has 0 aliphatic heterocycles. The molecule has 0 bridgehead atoms. The molecular weight excluding hydrogens is 155 g/mol. The van der Waals surface area contributed by atoms with E-state index in [0.717, 1.165) is 5.92 Å². The Morgan fingerprint density at radius 3 is 2.11 bits per heavy atom. The first-order valence-electron chi connectivity index (χ1n) is 3.77. The second kappa shape index (κ2) is 5.29. The van der Waals surface area contributed by atoms with Gasteiger partial charge in [0.25, 0.3) is 0 Å². The molecule has 0 fully saturated rings. The fourth-order valence-electron chi connectivity index (χ4n) is 0.708. The van der Waals surface area contributed by atoms with Crippen LogP contribution < -0.4 is 0 Å². The van der Waals surface area contributed by atoms with Crippen molar-refractivity contribution in [3.8, 4) is 0 Å². The third-order valence-electron chi connectivity index (χ3n) is 1.74. The molecule has 1 heteroatoms. The first-order valence-corrected chi connectivity index (χ1v) is 4.34. The SMILES string of the molecule is CCC(C)CC[CH](C)[Ni]. The van der Waals surface area contributed by atoms with Gasteiger partial charge in [-0.25, -0.2) is 0 Å². The molecule has 0 aromatic rings. The summed E-state index contributed by atoms with van der Waals surface area (Å²) >= 11 is 4.77. The van der Waals surface area contributed by atoms with Crippen LogP contribution in [0.25, 0.3) is 0 Å². The summed E-state index contributed by atoms with van der Waals surface area (Å²) in [6.45, 7) is 6.66. The number of hydrogen-bond acceptors (Lipinski definition) is 0. The van der Waals surface area contributed by atoms with E-state index in [2.05, 4.69) is 20.8 Å². The quantitative estimate of drug-likeness (QED) is 0.571. The summed E-state index contributed by atoms with van der Waals surface area (Å²) in [6, 6.07) is 0. The summed E-state index contributed by atoms with van der Waals surface area (Å²) in [6.07, 6.45) is 3.85. The van der Waals surface area contributed by atoms with Crippen molar-refractivity contribution in [2.75, 3.05) is 0 Å². The fourth-order valence-corrected chi connectivity index (χ4v) is 0.873. The minimum absolute atomic E-state index is 0.513. The van der Waals surface area contributed by atoms with Crippen molar-refractivity contribution in [1.29, 1.82) is 0 Å². The molecule has 0 radical (unpaired) electrons. The second-order valence-electron chi connectivity index (χ2n) is 2.81. The average Bonchev–Trinajstić information content (AvgIpc) is 1.83. The molecule has 2 atom stereocenters. The van der Waals surface area contributed by atoms with E-state index in [4.69, 9.17) is 15.5 Å². The van der Waals surface area contributed by atoms with Crippen LogP contribution in [-0.4, -0.2) is 0 Å². The number of rotatable bonds is 4. The molecule has 2 unspecified atom stereocenters. The average molecular weight is 172 g/mol. The molecule has 0 amide bonds. The summed E-state index contributed by atoms with van der Waals surface area (Å²) in [4.78, 5) is 0.513. The first-order chi connectivity index (χ1) is 4.16. The van der Waals surface area contributed by atoms with E-state index >= 15 is 0 Å². The van der Waals surface area contributed by atoms with Crippen LogP contribution in [0.1, 0.15) is 40.0 Å². The van der Waals surface area contributed by atoms with E-state index in [9.17, 15) is 0 Å². The van der Waals surface area contributed by atoms with Crippen molar-refractivity contribution >= 4 is 0 Å². The van der Waals surface area contributed by atoms with Gasteiger partial charge in [-0.1, -0.05) is 0 Å². The van der Waals surface area contributed by atoms with Crippen molar-refractivity contribution in [2.45, 2.75) is 44.9 Å². The molecule has 0 spiro atoms. The van der Waals surface area contributed by atoms with Crippen molar-refractivity contribution in [2.24, 2.45) is 5.92 Å². The van der Waals surface area contributed by atoms with E-state index in [1.54, 1.807) is 0 Å². The Kier molecular flexibility index (Phi) is 5.58. The summed E-state index contributed by atoms with van der Waals surface area (Å²) in [5, 5.41) is 0. The molecule has 0 aromatic carbocycles. The Morgan fingerprint density at radius 2 is 1.78 bits per heavy atom. The summed E-state index contributed by atoms with van der Waals surface area (Å²) in [7, 11) is 0. The molecule has 0 saturated carbocycles. The van der Waals surface area contributed by atoms with Gasteiger partial charge in [-0.3, -0.25) is 0 Å². The Balaban J connectivity index is 3.06. The van der Waals surface area contributed by atoms with Gasteiger partial charge in [0.1, 0.15) is 0 Å². The van der Waals surface area contributed by atoms with E-state index in [1.165, 1.54) is 19.3 Å². The van der Waals surface area contributed by atoms with Crippen LogP contribution in [0, 0.1) is 5.92 Å². The monoisotopic (exact) mass is 171 g/mol. The second-order valence-corrected chi connectivity index (χ2v) is 3.78. The molecule has 0 aliphatic rings. The number of hydrogen-bond donors (Lipinski definition) is 0. The van der Waals surface area contributed by atoms with Crippen LogP contribution in [0.5, 0.6) is 0 Å². The van der Waals surface area contributed by atoms with Crippen LogP contribution >= 0.6 is 0 Å². The normalized spacial score (nSPS) is 17.4. The van der Waals surface area contributed by atoms with E-state index < -0.39 is 0 Å². The standard InChI is InChI=1S/C8H17.Ni/c1-4-6-7-8(3)5-2;/h4,8H,5-7H2,1-3H3;. The predicted molar refractivity (Wildman–Crippen MR) is 38.1 cm³/mol. The molecule has 0 nitrogen and oxygen atoms in total. The molecule has 9 heavy (non-hydrogen) atoms. The maximum atomic E-state index is 4.77. The van der Waals surface area contributed by atoms with Crippen LogP contribution in [0.2, 0.25) is 4.89 Å². The molecule has 59 valence electrons. The van der Waals surface area contributed by atoms with Crippen molar-refractivity contribution in [3.05, 3.63) is 0 Å². The molecule has 0 aromatic heterocycles. The Hall–Kier alpha value is 0.494. The van der Waals surface area contributed by atoms with Gasteiger partial charge in [0.2, 0.25) is 0 Å². The van der Waals surface area contributed by atoms with Crippen molar-refractivity contribution in [1.82, 2.24) is 0 Å². The van der Waals surface area contributed by atoms with Gasteiger partial charge in [0.15, 0.2) is 0 Å². The van der Waals surface area contributed by atoms with E-state index in [1.807, 2.05) is 0 Å². The molecular formula is C8H17Ni. The van der Waals surface area contributed by atoms with Crippen LogP contribution in [0.4, 0.5) is 0 Å². The van der Waals surface area contributed by atoms with Gasteiger partial charge in [0.05, 0.1) is 0 Å². The zero-order valence-electron chi connectivity index (χ0n) is 6.59. The molecule has 0 rings (SSSR count). The van der Waals surface area contributed by atoms with Gasteiger partial charge < -0.3 is 0 Å². The zero-order valence-corrected chi connectivity index (χ0v) is 7.58. The summed E-state index contributed by atoms with van der Waals surface area (Å²) in [5.74, 6) is 0.877. The van der Waals surface area contributed by atoms with E-state index in [0.29, 0.717) is 4.89 Å². The summed E-state index contributed by atoms with van der Waals surface area (Å²) in [5.41, 5.74) is 0. The Bertz CT molecular complexity index is 59.6. The molecule has 0 N–H and O–H groups in total. The zero-order chi connectivity index (χ0) is 7.28. The van der Waals surface area contributed by atoms with Gasteiger partial charge >= 0.3 is 66.3 Å². The van der Waals surface area contributed by atoms with E-state index in [-0.39, 0.29) is 0 Å². The topological polar surface area (TPSA) is 0 Å². The Morgan fingerprint density at radius 1 is 1.22 bits per heavy atom. The van der Waals surface area contributed by atoms with Crippen LogP contribution in [-0.2, 0) is 15.5 Å². The van der Waals surface area contributed by atoms with Crippen molar-refractivity contribution in [3.63, 3.8) is 0 Å².